The number of piperidine rings is 1. The summed E-state index contributed by atoms with van der Waals surface area (Å²) in [5, 5.41) is 0. The van der Waals surface area contributed by atoms with Crippen molar-refractivity contribution in [2.45, 2.75) is 64.6 Å². The van der Waals surface area contributed by atoms with Crippen LogP contribution in [0.1, 0.15) is 46.5 Å². The van der Waals surface area contributed by atoms with Gasteiger partial charge in [-0.2, -0.15) is 17.4 Å². The summed E-state index contributed by atoms with van der Waals surface area (Å²) in [5.74, 6) is 0. The minimum atomic E-state index is -3.36. The molecule has 1 saturated carbocycles. The average Bonchev–Trinajstić information content (AvgIpc) is 2.29. The molecule has 1 saturated heterocycles. The van der Waals surface area contributed by atoms with Gasteiger partial charge in [-0.3, -0.25) is 0 Å². The van der Waals surface area contributed by atoms with E-state index in [4.69, 9.17) is 5.73 Å². The second kappa shape index (κ2) is 4.74. The maximum Gasteiger partial charge on any atom is 0.279 e. The quantitative estimate of drug-likeness (QED) is 0.801. The van der Waals surface area contributed by atoms with Crippen LogP contribution < -0.4 is 10.5 Å². The fourth-order valence-corrected chi connectivity index (χ4v) is 4.68. The third kappa shape index (κ3) is 2.43. The highest BCUT2D eigenvalue weighted by Gasteiger charge is 2.48. The third-order valence-corrected chi connectivity index (χ3v) is 6.43. The Balaban J connectivity index is 2.04. The summed E-state index contributed by atoms with van der Waals surface area (Å²) in [6.07, 6.45) is 3.76. The van der Waals surface area contributed by atoms with Crippen molar-refractivity contribution in [1.82, 2.24) is 9.03 Å². The van der Waals surface area contributed by atoms with E-state index in [1.807, 2.05) is 20.8 Å². The molecular weight excluding hydrogens is 250 g/mol. The molecule has 2 aliphatic rings. The summed E-state index contributed by atoms with van der Waals surface area (Å²) in [6.45, 7) is 6.66. The number of hydrogen-bond acceptors (Lipinski definition) is 3. The highest BCUT2D eigenvalue weighted by Crippen LogP contribution is 2.39. The van der Waals surface area contributed by atoms with Gasteiger partial charge in [0.05, 0.1) is 0 Å². The molecule has 18 heavy (non-hydrogen) atoms. The van der Waals surface area contributed by atoms with Crippen molar-refractivity contribution in [2.75, 3.05) is 6.54 Å². The zero-order valence-electron chi connectivity index (χ0n) is 11.5. The minimum Gasteiger partial charge on any atom is -0.327 e. The normalized spacial score (nSPS) is 37.2. The van der Waals surface area contributed by atoms with E-state index in [-0.39, 0.29) is 23.5 Å². The molecule has 106 valence electrons. The third-order valence-electron chi connectivity index (χ3n) is 4.69. The Morgan fingerprint density at radius 2 is 2.00 bits per heavy atom. The first kappa shape index (κ1) is 14.2. The Hall–Kier alpha value is -0.170. The highest BCUT2D eigenvalue weighted by molar-refractivity contribution is 7.87. The summed E-state index contributed by atoms with van der Waals surface area (Å²) in [5.41, 5.74) is 5.78. The molecule has 0 radical (unpaired) electrons. The largest absolute Gasteiger partial charge is 0.327 e. The zero-order valence-corrected chi connectivity index (χ0v) is 12.3. The molecule has 0 bridgehead atoms. The van der Waals surface area contributed by atoms with Crippen LogP contribution in [-0.4, -0.2) is 37.4 Å². The SMILES string of the molecule is CC1CCCCN1S(=O)(=O)NC1CC(N)C1(C)C. The summed E-state index contributed by atoms with van der Waals surface area (Å²) < 4.78 is 29.2. The molecule has 0 aromatic heterocycles. The van der Waals surface area contributed by atoms with E-state index >= 15 is 0 Å². The zero-order chi connectivity index (χ0) is 13.6. The van der Waals surface area contributed by atoms with Gasteiger partial charge >= 0.3 is 0 Å². The van der Waals surface area contributed by atoms with Gasteiger partial charge < -0.3 is 5.73 Å². The van der Waals surface area contributed by atoms with E-state index in [1.165, 1.54) is 0 Å². The van der Waals surface area contributed by atoms with Crippen molar-refractivity contribution in [2.24, 2.45) is 11.1 Å². The summed E-state index contributed by atoms with van der Waals surface area (Å²) >= 11 is 0. The van der Waals surface area contributed by atoms with E-state index in [2.05, 4.69) is 4.72 Å². The summed E-state index contributed by atoms with van der Waals surface area (Å²) in [6, 6.07) is 0.156. The maximum atomic E-state index is 12.4. The van der Waals surface area contributed by atoms with Crippen molar-refractivity contribution in [3.63, 3.8) is 0 Å². The van der Waals surface area contributed by atoms with Gasteiger partial charge in [-0.05, 0) is 31.6 Å². The van der Waals surface area contributed by atoms with Gasteiger partial charge in [0.1, 0.15) is 0 Å². The molecule has 0 aromatic carbocycles. The first-order valence-corrected chi connectivity index (χ1v) is 8.24. The van der Waals surface area contributed by atoms with Gasteiger partial charge in [0.15, 0.2) is 0 Å². The molecule has 6 heteroatoms. The Morgan fingerprint density at radius 3 is 2.50 bits per heavy atom. The van der Waals surface area contributed by atoms with Crippen LogP contribution in [0.5, 0.6) is 0 Å². The fraction of sp³-hybridized carbons (Fsp3) is 1.00. The van der Waals surface area contributed by atoms with Gasteiger partial charge in [0, 0.05) is 24.7 Å². The molecule has 2 rings (SSSR count). The van der Waals surface area contributed by atoms with Gasteiger partial charge in [0.2, 0.25) is 0 Å². The Kier molecular flexibility index (Phi) is 3.75. The molecule has 2 fully saturated rings. The van der Waals surface area contributed by atoms with Crippen LogP contribution in [0.25, 0.3) is 0 Å². The smallest absolute Gasteiger partial charge is 0.279 e. The molecular formula is C12H25N3O2S. The second-order valence-corrected chi connectivity index (χ2v) is 7.95. The number of nitrogens with one attached hydrogen (secondary N) is 1. The number of nitrogens with two attached hydrogens (primary N) is 1. The maximum absolute atomic E-state index is 12.4. The summed E-state index contributed by atoms with van der Waals surface area (Å²) in [7, 11) is -3.36. The van der Waals surface area contributed by atoms with E-state index in [9.17, 15) is 8.42 Å². The fourth-order valence-electron chi connectivity index (χ4n) is 2.84. The van der Waals surface area contributed by atoms with E-state index < -0.39 is 10.2 Å². The van der Waals surface area contributed by atoms with Crippen molar-refractivity contribution in [1.29, 1.82) is 0 Å². The van der Waals surface area contributed by atoms with Crippen molar-refractivity contribution >= 4 is 10.2 Å². The van der Waals surface area contributed by atoms with E-state index in [1.54, 1.807) is 4.31 Å². The van der Waals surface area contributed by atoms with Crippen molar-refractivity contribution in [3.05, 3.63) is 0 Å². The number of hydrogen-bond donors (Lipinski definition) is 2. The summed E-state index contributed by atoms with van der Waals surface area (Å²) in [4.78, 5) is 0. The lowest BCUT2D eigenvalue weighted by molar-refractivity contribution is 0.0878. The van der Waals surface area contributed by atoms with Gasteiger partial charge in [0.25, 0.3) is 10.2 Å². The molecule has 0 spiro atoms. The molecule has 1 heterocycles. The Labute approximate surface area is 110 Å². The van der Waals surface area contributed by atoms with Crippen molar-refractivity contribution < 1.29 is 8.42 Å². The first-order valence-electron chi connectivity index (χ1n) is 6.80. The molecule has 0 aromatic rings. The predicted octanol–water partition coefficient (Wildman–Crippen LogP) is 0.821. The van der Waals surface area contributed by atoms with Gasteiger partial charge in [-0.25, -0.2) is 0 Å². The van der Waals surface area contributed by atoms with Crippen LogP contribution in [0.2, 0.25) is 0 Å². The van der Waals surface area contributed by atoms with Crippen LogP contribution in [0.4, 0.5) is 0 Å². The van der Waals surface area contributed by atoms with Gasteiger partial charge in [-0.1, -0.05) is 20.3 Å². The lowest BCUT2D eigenvalue weighted by Crippen LogP contribution is -2.66. The second-order valence-electron chi connectivity index (χ2n) is 6.29. The lowest BCUT2D eigenvalue weighted by atomic mass is 9.64. The lowest BCUT2D eigenvalue weighted by Gasteiger charge is -2.51. The molecule has 1 aliphatic carbocycles. The molecule has 1 aliphatic heterocycles. The highest BCUT2D eigenvalue weighted by atomic mass is 32.2. The molecule has 3 atom stereocenters. The first-order chi connectivity index (χ1) is 8.25. The number of rotatable bonds is 3. The average molecular weight is 275 g/mol. The predicted molar refractivity (Wildman–Crippen MR) is 72.2 cm³/mol. The monoisotopic (exact) mass is 275 g/mol. The topological polar surface area (TPSA) is 75.4 Å². The Bertz CT molecular complexity index is 408. The van der Waals surface area contributed by atoms with Crippen molar-refractivity contribution in [3.8, 4) is 0 Å². The van der Waals surface area contributed by atoms with E-state index in [0.717, 1.165) is 25.7 Å². The Morgan fingerprint density at radius 1 is 1.33 bits per heavy atom. The van der Waals surface area contributed by atoms with Crippen LogP contribution >= 0.6 is 0 Å². The molecule has 3 unspecified atom stereocenters. The minimum absolute atomic E-state index is 0.0355. The standard InChI is InChI=1S/C12H25N3O2S/c1-9-6-4-5-7-15(9)18(16,17)14-11-8-10(13)12(11,2)3/h9-11,14H,4-8,13H2,1-3H3. The van der Waals surface area contributed by atoms with Crippen LogP contribution in [0.3, 0.4) is 0 Å². The molecule has 0 amide bonds. The molecule has 5 nitrogen and oxygen atoms in total. The van der Waals surface area contributed by atoms with Crippen LogP contribution in [0.15, 0.2) is 0 Å². The number of nitrogens with zero attached hydrogens (tertiary/aromatic N) is 1. The van der Waals surface area contributed by atoms with E-state index in [0.29, 0.717) is 6.54 Å². The van der Waals surface area contributed by atoms with Crippen LogP contribution in [0, 0.1) is 5.41 Å². The molecule has 3 N–H and O–H groups in total. The van der Waals surface area contributed by atoms with Gasteiger partial charge in [-0.15, -0.1) is 0 Å². The van der Waals surface area contributed by atoms with Crippen LogP contribution in [-0.2, 0) is 10.2 Å².